The van der Waals surface area contributed by atoms with Crippen LogP contribution in [0.4, 0.5) is 5.69 Å². The SMILES string of the molecule is Nc1cccc(S(=O)(=O)NCC2CCOC3(CCC3)C2)c1. The molecule has 2 fully saturated rings. The average Bonchev–Trinajstić information content (AvgIpc) is 2.44. The van der Waals surface area contributed by atoms with E-state index in [-0.39, 0.29) is 10.5 Å². The quantitative estimate of drug-likeness (QED) is 0.832. The number of ether oxygens (including phenoxy) is 1. The van der Waals surface area contributed by atoms with Gasteiger partial charge in [-0.1, -0.05) is 6.07 Å². The molecule has 6 heteroatoms. The Morgan fingerprint density at radius 3 is 2.86 bits per heavy atom. The van der Waals surface area contributed by atoms with E-state index in [2.05, 4.69) is 4.72 Å². The molecule has 1 unspecified atom stereocenters. The molecule has 5 nitrogen and oxygen atoms in total. The fourth-order valence-electron chi connectivity index (χ4n) is 3.22. The zero-order valence-corrected chi connectivity index (χ0v) is 12.9. The van der Waals surface area contributed by atoms with Gasteiger partial charge in [0.1, 0.15) is 0 Å². The number of benzene rings is 1. The average molecular weight is 310 g/mol. The molecule has 1 atom stereocenters. The van der Waals surface area contributed by atoms with Crippen molar-refractivity contribution in [2.24, 2.45) is 5.92 Å². The first-order valence-corrected chi connectivity index (χ1v) is 8.97. The first-order chi connectivity index (χ1) is 9.99. The molecule has 3 N–H and O–H groups in total. The minimum atomic E-state index is -3.48. The Hall–Kier alpha value is -1.11. The summed E-state index contributed by atoms with van der Waals surface area (Å²) in [7, 11) is -3.48. The summed E-state index contributed by atoms with van der Waals surface area (Å²) in [6, 6.07) is 6.38. The first-order valence-electron chi connectivity index (χ1n) is 7.48. The largest absolute Gasteiger partial charge is 0.399 e. The van der Waals surface area contributed by atoms with E-state index in [0.29, 0.717) is 18.2 Å². The van der Waals surface area contributed by atoms with E-state index in [9.17, 15) is 8.42 Å². The Kier molecular flexibility index (Phi) is 3.94. The van der Waals surface area contributed by atoms with Crippen molar-refractivity contribution in [3.63, 3.8) is 0 Å². The second-order valence-electron chi connectivity index (χ2n) is 6.17. The zero-order valence-electron chi connectivity index (χ0n) is 12.0. The third-order valence-electron chi connectivity index (χ3n) is 4.59. The molecule has 0 bridgehead atoms. The Morgan fingerprint density at radius 2 is 2.19 bits per heavy atom. The standard InChI is InChI=1S/C15H22N2O3S/c16-13-3-1-4-14(9-13)21(18,19)17-11-12-5-8-20-15(10-12)6-2-7-15/h1,3-4,9,12,17H,2,5-8,10-11,16H2. The monoisotopic (exact) mass is 310 g/mol. The number of nitrogens with one attached hydrogen (secondary N) is 1. The van der Waals surface area contributed by atoms with Crippen molar-refractivity contribution in [1.82, 2.24) is 4.72 Å². The minimum absolute atomic E-state index is 0.0472. The molecule has 0 aromatic heterocycles. The van der Waals surface area contributed by atoms with Gasteiger partial charge < -0.3 is 10.5 Å². The van der Waals surface area contributed by atoms with Gasteiger partial charge in [0.05, 0.1) is 10.5 Å². The van der Waals surface area contributed by atoms with E-state index < -0.39 is 10.0 Å². The van der Waals surface area contributed by atoms with Crippen molar-refractivity contribution in [2.45, 2.75) is 42.6 Å². The zero-order chi connectivity index (χ0) is 14.9. The van der Waals surface area contributed by atoms with Gasteiger partial charge in [-0.15, -0.1) is 0 Å². The first kappa shape index (κ1) is 14.8. The maximum atomic E-state index is 12.3. The van der Waals surface area contributed by atoms with Crippen molar-refractivity contribution < 1.29 is 13.2 Å². The van der Waals surface area contributed by atoms with Crippen LogP contribution in [0.25, 0.3) is 0 Å². The van der Waals surface area contributed by atoms with E-state index in [0.717, 1.165) is 32.3 Å². The van der Waals surface area contributed by atoms with E-state index >= 15 is 0 Å². The maximum Gasteiger partial charge on any atom is 0.240 e. The molecule has 1 saturated carbocycles. The molecule has 1 aromatic rings. The predicted octanol–water partition coefficient (Wildman–Crippen LogP) is 1.90. The van der Waals surface area contributed by atoms with Gasteiger partial charge in [-0.25, -0.2) is 13.1 Å². The molecule has 1 aromatic carbocycles. The smallest absolute Gasteiger partial charge is 0.240 e. The summed E-state index contributed by atoms with van der Waals surface area (Å²) in [4.78, 5) is 0.230. The number of nitrogens with two attached hydrogens (primary N) is 1. The summed E-state index contributed by atoms with van der Waals surface area (Å²) in [5.41, 5.74) is 6.15. The second-order valence-corrected chi connectivity index (χ2v) is 7.94. The summed E-state index contributed by atoms with van der Waals surface area (Å²) in [5.74, 6) is 0.356. The topological polar surface area (TPSA) is 81.4 Å². The van der Waals surface area contributed by atoms with Crippen LogP contribution in [-0.4, -0.2) is 27.2 Å². The number of sulfonamides is 1. The van der Waals surface area contributed by atoms with E-state index in [4.69, 9.17) is 10.5 Å². The fourth-order valence-corrected chi connectivity index (χ4v) is 4.39. The van der Waals surface area contributed by atoms with Crippen molar-refractivity contribution in [1.29, 1.82) is 0 Å². The highest BCUT2D eigenvalue weighted by Gasteiger charge is 2.42. The summed E-state index contributed by atoms with van der Waals surface area (Å²) in [6.07, 6.45) is 5.34. The van der Waals surface area contributed by atoms with Crippen molar-refractivity contribution >= 4 is 15.7 Å². The van der Waals surface area contributed by atoms with Gasteiger partial charge in [-0.2, -0.15) is 0 Å². The highest BCUT2D eigenvalue weighted by atomic mass is 32.2. The van der Waals surface area contributed by atoms with Crippen LogP contribution in [0.2, 0.25) is 0 Å². The van der Waals surface area contributed by atoms with Gasteiger partial charge in [-0.05, 0) is 56.2 Å². The summed E-state index contributed by atoms with van der Waals surface area (Å²) in [5, 5.41) is 0. The van der Waals surface area contributed by atoms with Crippen molar-refractivity contribution in [3.8, 4) is 0 Å². The molecule has 1 aliphatic carbocycles. The van der Waals surface area contributed by atoms with Gasteiger partial charge in [-0.3, -0.25) is 0 Å². The summed E-state index contributed by atoms with van der Waals surface area (Å²) < 4.78 is 33.1. The Labute approximate surface area is 125 Å². The lowest BCUT2D eigenvalue weighted by molar-refractivity contribution is -0.142. The van der Waals surface area contributed by atoms with E-state index in [1.54, 1.807) is 18.2 Å². The lowest BCUT2D eigenvalue weighted by Gasteiger charge is -2.47. The third-order valence-corrected chi connectivity index (χ3v) is 6.01. The number of nitrogen functional groups attached to an aromatic ring is 1. The van der Waals surface area contributed by atoms with Crippen molar-refractivity contribution in [2.75, 3.05) is 18.9 Å². The van der Waals surface area contributed by atoms with E-state index in [1.807, 2.05) is 0 Å². The molecule has 116 valence electrons. The van der Waals surface area contributed by atoms with Gasteiger partial charge in [0.15, 0.2) is 0 Å². The molecule has 2 aliphatic rings. The van der Waals surface area contributed by atoms with Crippen LogP contribution in [-0.2, 0) is 14.8 Å². The lowest BCUT2D eigenvalue weighted by Crippen LogP contribution is -2.47. The number of anilines is 1. The van der Waals surface area contributed by atoms with Crippen LogP contribution in [0, 0.1) is 5.92 Å². The van der Waals surface area contributed by atoms with Crippen LogP contribution >= 0.6 is 0 Å². The Bertz CT molecular complexity index is 611. The number of hydrogen-bond donors (Lipinski definition) is 2. The Morgan fingerprint density at radius 1 is 1.38 bits per heavy atom. The van der Waals surface area contributed by atoms with Crippen LogP contribution in [0.5, 0.6) is 0 Å². The molecule has 3 rings (SSSR count). The highest BCUT2D eigenvalue weighted by molar-refractivity contribution is 7.89. The molecule has 0 radical (unpaired) electrons. The number of rotatable bonds is 4. The van der Waals surface area contributed by atoms with Gasteiger partial charge in [0, 0.05) is 18.8 Å². The van der Waals surface area contributed by atoms with Crippen LogP contribution in [0.3, 0.4) is 0 Å². The van der Waals surface area contributed by atoms with E-state index in [1.165, 1.54) is 12.5 Å². The summed E-state index contributed by atoms with van der Waals surface area (Å²) >= 11 is 0. The second kappa shape index (κ2) is 5.59. The van der Waals surface area contributed by atoms with Crippen LogP contribution < -0.4 is 10.5 Å². The third kappa shape index (κ3) is 3.22. The molecular weight excluding hydrogens is 288 g/mol. The molecule has 1 saturated heterocycles. The maximum absolute atomic E-state index is 12.3. The highest BCUT2D eigenvalue weighted by Crippen LogP contribution is 2.44. The van der Waals surface area contributed by atoms with Crippen molar-refractivity contribution in [3.05, 3.63) is 24.3 Å². The minimum Gasteiger partial charge on any atom is -0.399 e. The number of hydrogen-bond acceptors (Lipinski definition) is 4. The predicted molar refractivity (Wildman–Crippen MR) is 81.3 cm³/mol. The van der Waals surface area contributed by atoms with Crippen LogP contribution in [0.15, 0.2) is 29.2 Å². The van der Waals surface area contributed by atoms with Gasteiger partial charge in [0.25, 0.3) is 0 Å². The Balaban J connectivity index is 1.61. The lowest BCUT2D eigenvalue weighted by atomic mass is 9.72. The summed E-state index contributed by atoms with van der Waals surface area (Å²) in [6.45, 7) is 1.22. The normalized spacial score (nSPS) is 24.7. The molecule has 0 amide bonds. The van der Waals surface area contributed by atoms with Crippen LogP contribution in [0.1, 0.15) is 32.1 Å². The molecule has 1 heterocycles. The molecule has 1 spiro atoms. The van der Waals surface area contributed by atoms with Gasteiger partial charge >= 0.3 is 0 Å². The van der Waals surface area contributed by atoms with Gasteiger partial charge in [0.2, 0.25) is 10.0 Å². The molecule has 21 heavy (non-hydrogen) atoms. The molecular formula is C15H22N2O3S. The fraction of sp³-hybridized carbons (Fsp3) is 0.600. The molecule has 1 aliphatic heterocycles.